The summed E-state index contributed by atoms with van der Waals surface area (Å²) in [7, 11) is 0. The molecule has 0 saturated heterocycles. The van der Waals surface area contributed by atoms with Gasteiger partial charge in [0.2, 0.25) is 0 Å². The summed E-state index contributed by atoms with van der Waals surface area (Å²) >= 11 is 1.52. The van der Waals surface area contributed by atoms with E-state index in [4.69, 9.17) is 9.47 Å². The summed E-state index contributed by atoms with van der Waals surface area (Å²) in [4.78, 5) is 19.9. The van der Waals surface area contributed by atoms with Crippen LogP contribution in [0.5, 0.6) is 0 Å². The maximum atomic E-state index is 11.6. The molecule has 2 unspecified atom stereocenters. The second kappa shape index (κ2) is 4.61. The van der Waals surface area contributed by atoms with Gasteiger partial charge in [-0.1, -0.05) is 0 Å². The highest BCUT2D eigenvalue weighted by Crippen LogP contribution is 2.28. The Bertz CT molecular complexity index is 416. The summed E-state index contributed by atoms with van der Waals surface area (Å²) in [6.45, 7) is 4.01. The standard InChI is InChI=1S/C10H12N2O3S/c1-3-14-10(13)8-9(15-5-11-8)7-4-16-6(2)12-7/h4-5,8-9H,3H2,1-2H3. The Hall–Kier alpha value is -1.43. The normalized spacial score (nSPS) is 23.1. The van der Waals surface area contributed by atoms with Crippen molar-refractivity contribution in [3.05, 3.63) is 16.1 Å². The summed E-state index contributed by atoms with van der Waals surface area (Å²) in [5, 5.41) is 2.81. The molecule has 6 heteroatoms. The molecular formula is C10H12N2O3S. The first-order chi connectivity index (χ1) is 7.72. The van der Waals surface area contributed by atoms with Crippen LogP contribution in [-0.4, -0.2) is 30.0 Å². The fraction of sp³-hybridized carbons (Fsp3) is 0.500. The van der Waals surface area contributed by atoms with Gasteiger partial charge in [-0.05, 0) is 13.8 Å². The molecule has 1 aromatic heterocycles. The summed E-state index contributed by atoms with van der Waals surface area (Å²) in [5.41, 5.74) is 0.734. The maximum absolute atomic E-state index is 11.6. The number of esters is 1. The number of aryl methyl sites for hydroxylation is 1. The van der Waals surface area contributed by atoms with Gasteiger partial charge >= 0.3 is 5.97 Å². The molecule has 5 nitrogen and oxygen atoms in total. The minimum absolute atomic E-state index is 0.341. The van der Waals surface area contributed by atoms with Crippen molar-refractivity contribution in [2.24, 2.45) is 4.99 Å². The van der Waals surface area contributed by atoms with Gasteiger partial charge in [-0.15, -0.1) is 11.3 Å². The molecule has 16 heavy (non-hydrogen) atoms. The quantitative estimate of drug-likeness (QED) is 0.751. The Morgan fingerprint density at radius 3 is 3.12 bits per heavy atom. The van der Waals surface area contributed by atoms with Gasteiger partial charge in [0.05, 0.1) is 17.3 Å². The predicted molar refractivity (Wildman–Crippen MR) is 59.6 cm³/mol. The zero-order valence-corrected chi connectivity index (χ0v) is 9.86. The molecule has 2 rings (SSSR count). The van der Waals surface area contributed by atoms with Crippen LogP contribution in [0.2, 0.25) is 0 Å². The monoisotopic (exact) mass is 240 g/mol. The average molecular weight is 240 g/mol. The third-order valence-electron chi connectivity index (χ3n) is 2.17. The first-order valence-corrected chi connectivity index (χ1v) is 5.86. The van der Waals surface area contributed by atoms with Crippen molar-refractivity contribution in [1.29, 1.82) is 0 Å². The van der Waals surface area contributed by atoms with Crippen molar-refractivity contribution in [3.8, 4) is 0 Å². The molecule has 0 spiro atoms. The lowest BCUT2D eigenvalue weighted by molar-refractivity contribution is -0.146. The number of thiazole rings is 1. The summed E-state index contributed by atoms with van der Waals surface area (Å²) in [6.07, 6.45) is 0.852. The fourth-order valence-electron chi connectivity index (χ4n) is 1.47. The summed E-state index contributed by atoms with van der Waals surface area (Å²) in [6, 6.07) is -0.624. The van der Waals surface area contributed by atoms with Crippen LogP contribution in [0, 0.1) is 6.92 Å². The van der Waals surface area contributed by atoms with Crippen LogP contribution < -0.4 is 0 Å². The number of rotatable bonds is 3. The number of ether oxygens (including phenoxy) is 2. The van der Waals surface area contributed by atoms with Crippen LogP contribution in [0.3, 0.4) is 0 Å². The number of aliphatic imine (C=N–C) groups is 1. The van der Waals surface area contributed by atoms with E-state index in [0.717, 1.165) is 10.7 Å². The first-order valence-electron chi connectivity index (χ1n) is 4.98. The van der Waals surface area contributed by atoms with Crippen molar-refractivity contribution in [1.82, 2.24) is 4.98 Å². The van der Waals surface area contributed by atoms with E-state index < -0.39 is 12.1 Å². The molecule has 0 aliphatic carbocycles. The van der Waals surface area contributed by atoms with Crippen LogP contribution in [0.15, 0.2) is 10.4 Å². The zero-order chi connectivity index (χ0) is 11.5. The van der Waals surface area contributed by atoms with Crippen LogP contribution in [0.4, 0.5) is 0 Å². The number of aromatic nitrogens is 1. The zero-order valence-electron chi connectivity index (χ0n) is 9.04. The smallest absolute Gasteiger partial charge is 0.335 e. The fourth-order valence-corrected chi connectivity index (χ4v) is 2.11. The van der Waals surface area contributed by atoms with E-state index >= 15 is 0 Å². The Kier molecular flexibility index (Phi) is 3.19. The molecule has 0 aromatic carbocycles. The Morgan fingerprint density at radius 1 is 1.69 bits per heavy atom. The third-order valence-corrected chi connectivity index (χ3v) is 2.96. The Labute approximate surface area is 97.1 Å². The van der Waals surface area contributed by atoms with Crippen molar-refractivity contribution in [2.75, 3.05) is 6.61 Å². The molecule has 86 valence electrons. The molecular weight excluding hydrogens is 228 g/mol. The molecule has 1 aromatic rings. The van der Waals surface area contributed by atoms with Gasteiger partial charge in [0.25, 0.3) is 0 Å². The van der Waals surface area contributed by atoms with E-state index in [0.29, 0.717) is 6.61 Å². The summed E-state index contributed by atoms with van der Waals surface area (Å²) < 4.78 is 10.2. The van der Waals surface area contributed by atoms with E-state index in [1.54, 1.807) is 6.92 Å². The van der Waals surface area contributed by atoms with Crippen molar-refractivity contribution in [3.63, 3.8) is 0 Å². The van der Waals surface area contributed by atoms with Gasteiger partial charge in [-0.3, -0.25) is 0 Å². The molecule has 0 bridgehead atoms. The molecule has 2 atom stereocenters. The Balaban J connectivity index is 2.13. The van der Waals surface area contributed by atoms with Crippen molar-refractivity contribution >= 4 is 23.7 Å². The minimum atomic E-state index is -0.624. The molecule has 0 fully saturated rings. The van der Waals surface area contributed by atoms with Crippen LogP contribution in [-0.2, 0) is 14.3 Å². The first kappa shape index (κ1) is 11.1. The van der Waals surface area contributed by atoms with Gasteiger partial charge in [-0.25, -0.2) is 14.8 Å². The number of carbonyl (C=O) groups is 1. The van der Waals surface area contributed by atoms with Crippen LogP contribution in [0.25, 0.3) is 0 Å². The highest BCUT2D eigenvalue weighted by molar-refractivity contribution is 7.09. The average Bonchev–Trinajstić information content (AvgIpc) is 2.85. The van der Waals surface area contributed by atoms with E-state index in [1.807, 2.05) is 12.3 Å². The van der Waals surface area contributed by atoms with Gasteiger partial charge in [0.15, 0.2) is 18.5 Å². The molecule has 0 saturated carbocycles. The van der Waals surface area contributed by atoms with E-state index in [9.17, 15) is 4.79 Å². The number of carbonyl (C=O) groups excluding carboxylic acids is 1. The molecule has 1 aliphatic heterocycles. The minimum Gasteiger partial charge on any atom is -0.471 e. The van der Waals surface area contributed by atoms with Gasteiger partial charge in [0.1, 0.15) is 0 Å². The second-order valence-corrected chi connectivity index (χ2v) is 4.36. The van der Waals surface area contributed by atoms with Crippen LogP contribution in [0.1, 0.15) is 23.7 Å². The lowest BCUT2D eigenvalue weighted by atomic mass is 10.1. The van der Waals surface area contributed by atoms with Gasteiger partial charge in [0, 0.05) is 5.38 Å². The molecule has 0 radical (unpaired) electrons. The highest BCUT2D eigenvalue weighted by atomic mass is 32.1. The maximum Gasteiger partial charge on any atom is 0.335 e. The molecule has 1 aliphatic rings. The molecule has 2 heterocycles. The molecule has 0 N–H and O–H groups in total. The Morgan fingerprint density at radius 2 is 2.50 bits per heavy atom. The second-order valence-electron chi connectivity index (χ2n) is 3.30. The van der Waals surface area contributed by atoms with Crippen LogP contribution >= 0.6 is 11.3 Å². The SMILES string of the molecule is CCOC(=O)C1N=COC1c1csc(C)n1. The van der Waals surface area contributed by atoms with E-state index in [-0.39, 0.29) is 5.97 Å². The number of hydrogen-bond donors (Lipinski definition) is 0. The number of nitrogens with zero attached hydrogens (tertiary/aromatic N) is 2. The predicted octanol–water partition coefficient (Wildman–Crippen LogP) is 1.48. The van der Waals surface area contributed by atoms with Crippen molar-refractivity contribution in [2.45, 2.75) is 26.0 Å². The van der Waals surface area contributed by atoms with Gasteiger partial charge < -0.3 is 9.47 Å². The highest BCUT2D eigenvalue weighted by Gasteiger charge is 2.36. The molecule has 0 amide bonds. The topological polar surface area (TPSA) is 60.8 Å². The lowest BCUT2D eigenvalue weighted by Gasteiger charge is -2.13. The lowest BCUT2D eigenvalue weighted by Crippen LogP contribution is -2.26. The summed E-state index contributed by atoms with van der Waals surface area (Å²) in [5.74, 6) is -0.369. The van der Waals surface area contributed by atoms with Crippen molar-refractivity contribution < 1.29 is 14.3 Å². The van der Waals surface area contributed by atoms with E-state index in [1.165, 1.54) is 17.7 Å². The number of hydrogen-bond acceptors (Lipinski definition) is 6. The van der Waals surface area contributed by atoms with E-state index in [2.05, 4.69) is 9.98 Å². The third kappa shape index (κ3) is 2.06. The largest absolute Gasteiger partial charge is 0.471 e. The van der Waals surface area contributed by atoms with Gasteiger partial charge in [-0.2, -0.15) is 0 Å².